The van der Waals surface area contributed by atoms with E-state index in [1.807, 2.05) is 19.1 Å². The number of phenolic OH excluding ortho intramolecular Hbond substituents is 2. The van der Waals surface area contributed by atoms with Gasteiger partial charge in [0, 0.05) is 11.6 Å². The first-order valence-corrected chi connectivity index (χ1v) is 5.21. The highest BCUT2D eigenvalue weighted by atomic mass is 16.3. The van der Waals surface area contributed by atoms with Gasteiger partial charge in [0.15, 0.2) is 11.5 Å². The minimum Gasteiger partial charge on any atom is -0.504 e. The Morgan fingerprint density at radius 3 is 2.53 bits per heavy atom. The zero-order valence-electron chi connectivity index (χ0n) is 9.44. The standard InChI is InChI=1S/C13H12N2O2/c1-2-3-4-5-10-9(7-14)6-12(16)13(17)11(10)8-15/h4-6,16-17H,2-3H2,1H3. The first-order valence-electron chi connectivity index (χ1n) is 5.21. The van der Waals surface area contributed by atoms with Gasteiger partial charge in [-0.1, -0.05) is 25.5 Å². The Kier molecular flexibility index (Phi) is 4.14. The molecule has 0 aliphatic rings. The van der Waals surface area contributed by atoms with Crippen LogP contribution in [0.5, 0.6) is 11.5 Å². The summed E-state index contributed by atoms with van der Waals surface area (Å²) in [6.07, 6.45) is 5.22. The van der Waals surface area contributed by atoms with E-state index in [1.54, 1.807) is 12.1 Å². The van der Waals surface area contributed by atoms with E-state index in [0.717, 1.165) is 18.9 Å². The van der Waals surface area contributed by atoms with Crippen molar-refractivity contribution in [3.8, 4) is 23.6 Å². The Morgan fingerprint density at radius 2 is 2.00 bits per heavy atom. The number of unbranched alkanes of at least 4 members (excludes halogenated alkanes) is 1. The molecule has 86 valence electrons. The quantitative estimate of drug-likeness (QED) is 0.778. The lowest BCUT2D eigenvalue weighted by Gasteiger charge is -2.05. The number of hydrogen-bond donors (Lipinski definition) is 2. The van der Waals surface area contributed by atoms with E-state index in [0.29, 0.717) is 5.56 Å². The van der Waals surface area contributed by atoms with Gasteiger partial charge in [-0.15, -0.1) is 0 Å². The number of nitrogens with zero attached hydrogens (tertiary/aromatic N) is 2. The lowest BCUT2D eigenvalue weighted by Crippen LogP contribution is -1.90. The predicted molar refractivity (Wildman–Crippen MR) is 63.1 cm³/mol. The van der Waals surface area contributed by atoms with Crippen molar-refractivity contribution in [3.63, 3.8) is 0 Å². The van der Waals surface area contributed by atoms with Crippen LogP contribution in [0.2, 0.25) is 0 Å². The summed E-state index contributed by atoms with van der Waals surface area (Å²) in [5.41, 5.74) is 0.442. The molecule has 0 saturated carbocycles. The first-order chi connectivity index (χ1) is 8.15. The third-order valence-electron chi connectivity index (χ3n) is 2.29. The van der Waals surface area contributed by atoms with Gasteiger partial charge >= 0.3 is 0 Å². The van der Waals surface area contributed by atoms with Crippen LogP contribution in [-0.2, 0) is 0 Å². The highest BCUT2D eigenvalue weighted by molar-refractivity contribution is 5.71. The minimum absolute atomic E-state index is 0.0751. The highest BCUT2D eigenvalue weighted by Crippen LogP contribution is 2.34. The van der Waals surface area contributed by atoms with Crippen LogP contribution in [0.1, 0.15) is 36.5 Å². The number of nitriles is 2. The maximum atomic E-state index is 9.54. The van der Waals surface area contributed by atoms with Crippen LogP contribution in [0.4, 0.5) is 0 Å². The van der Waals surface area contributed by atoms with Crippen LogP contribution in [-0.4, -0.2) is 10.2 Å². The Hall–Kier alpha value is -2.46. The van der Waals surface area contributed by atoms with Gasteiger partial charge in [-0.3, -0.25) is 0 Å². The molecule has 0 aliphatic heterocycles. The number of aromatic hydroxyl groups is 2. The second-order valence-electron chi connectivity index (χ2n) is 3.50. The molecule has 1 aromatic rings. The predicted octanol–water partition coefficient (Wildman–Crippen LogP) is 2.65. The van der Waals surface area contributed by atoms with Gasteiger partial charge in [-0.25, -0.2) is 0 Å². The summed E-state index contributed by atoms with van der Waals surface area (Å²) < 4.78 is 0. The van der Waals surface area contributed by atoms with E-state index in [4.69, 9.17) is 10.5 Å². The molecular formula is C13H12N2O2. The Labute approximate surface area is 99.7 Å². The smallest absolute Gasteiger partial charge is 0.176 e. The molecule has 2 N–H and O–H groups in total. The fourth-order valence-electron chi connectivity index (χ4n) is 1.42. The van der Waals surface area contributed by atoms with Crippen molar-refractivity contribution in [2.75, 3.05) is 0 Å². The molecule has 0 bridgehead atoms. The van der Waals surface area contributed by atoms with Crippen molar-refractivity contribution in [1.29, 1.82) is 10.5 Å². The monoisotopic (exact) mass is 228 g/mol. The molecule has 0 aromatic heterocycles. The van der Waals surface area contributed by atoms with Crippen LogP contribution < -0.4 is 0 Å². The van der Waals surface area contributed by atoms with Gasteiger partial charge in [0.05, 0.1) is 11.6 Å². The van der Waals surface area contributed by atoms with Crippen LogP contribution in [0.25, 0.3) is 6.08 Å². The number of rotatable bonds is 3. The number of phenols is 2. The molecule has 0 heterocycles. The second-order valence-corrected chi connectivity index (χ2v) is 3.50. The van der Waals surface area contributed by atoms with Crippen molar-refractivity contribution >= 4 is 6.08 Å². The molecule has 0 spiro atoms. The lowest BCUT2D eigenvalue weighted by atomic mass is 9.99. The summed E-state index contributed by atoms with van der Waals surface area (Å²) in [5, 5.41) is 36.8. The van der Waals surface area contributed by atoms with Crippen LogP contribution >= 0.6 is 0 Å². The largest absolute Gasteiger partial charge is 0.504 e. The zero-order valence-corrected chi connectivity index (χ0v) is 9.44. The van der Waals surface area contributed by atoms with E-state index in [9.17, 15) is 10.2 Å². The Bertz CT molecular complexity index is 534. The molecule has 0 saturated heterocycles. The van der Waals surface area contributed by atoms with Crippen molar-refractivity contribution < 1.29 is 10.2 Å². The molecule has 0 atom stereocenters. The van der Waals surface area contributed by atoms with E-state index >= 15 is 0 Å². The third-order valence-corrected chi connectivity index (χ3v) is 2.29. The van der Waals surface area contributed by atoms with Gasteiger partial charge in [0.2, 0.25) is 0 Å². The fraction of sp³-hybridized carbons (Fsp3) is 0.231. The summed E-state index contributed by atoms with van der Waals surface area (Å²) in [7, 11) is 0. The first kappa shape index (κ1) is 12.6. The van der Waals surface area contributed by atoms with Crippen LogP contribution in [0.3, 0.4) is 0 Å². The molecular weight excluding hydrogens is 216 g/mol. The summed E-state index contributed by atoms with van der Waals surface area (Å²) in [4.78, 5) is 0. The van der Waals surface area contributed by atoms with Gasteiger partial charge in [-0.2, -0.15) is 10.5 Å². The van der Waals surface area contributed by atoms with Gasteiger partial charge in [-0.05, 0) is 6.42 Å². The number of allylic oxidation sites excluding steroid dienone is 1. The van der Waals surface area contributed by atoms with E-state index in [1.165, 1.54) is 0 Å². The second kappa shape index (κ2) is 5.58. The SMILES string of the molecule is CCCC=Cc1c(C#N)cc(O)c(O)c1C#N. The van der Waals surface area contributed by atoms with Crippen molar-refractivity contribution in [3.05, 3.63) is 28.8 Å². The fourth-order valence-corrected chi connectivity index (χ4v) is 1.42. The molecule has 4 nitrogen and oxygen atoms in total. The molecule has 17 heavy (non-hydrogen) atoms. The molecule has 0 aliphatic carbocycles. The molecule has 4 heteroatoms. The van der Waals surface area contributed by atoms with E-state index < -0.39 is 11.5 Å². The summed E-state index contributed by atoms with van der Waals surface area (Å²) in [5.74, 6) is -0.937. The topological polar surface area (TPSA) is 88.0 Å². The van der Waals surface area contributed by atoms with Crippen LogP contribution in [0.15, 0.2) is 12.1 Å². The molecule has 0 radical (unpaired) electrons. The summed E-state index contributed by atoms with van der Waals surface area (Å²) in [6, 6.07) is 4.84. The van der Waals surface area contributed by atoms with Crippen molar-refractivity contribution in [2.24, 2.45) is 0 Å². The van der Waals surface area contributed by atoms with Gasteiger partial charge < -0.3 is 10.2 Å². The molecule has 1 aromatic carbocycles. The number of hydrogen-bond acceptors (Lipinski definition) is 4. The maximum absolute atomic E-state index is 9.54. The van der Waals surface area contributed by atoms with Crippen molar-refractivity contribution in [1.82, 2.24) is 0 Å². The third kappa shape index (κ3) is 2.56. The van der Waals surface area contributed by atoms with E-state index in [2.05, 4.69) is 0 Å². The summed E-state index contributed by atoms with van der Waals surface area (Å²) >= 11 is 0. The van der Waals surface area contributed by atoms with Gasteiger partial charge in [0.25, 0.3) is 0 Å². The average molecular weight is 228 g/mol. The van der Waals surface area contributed by atoms with Crippen LogP contribution in [0, 0.1) is 22.7 Å². The molecule has 0 unspecified atom stereocenters. The zero-order chi connectivity index (χ0) is 12.8. The Balaban J connectivity index is 3.41. The van der Waals surface area contributed by atoms with Gasteiger partial charge in [0.1, 0.15) is 11.6 Å². The Morgan fingerprint density at radius 1 is 1.29 bits per heavy atom. The minimum atomic E-state index is -0.484. The van der Waals surface area contributed by atoms with Crippen molar-refractivity contribution in [2.45, 2.75) is 19.8 Å². The highest BCUT2D eigenvalue weighted by Gasteiger charge is 2.15. The average Bonchev–Trinajstić information content (AvgIpc) is 2.33. The molecule has 1 rings (SSSR count). The molecule has 0 amide bonds. The summed E-state index contributed by atoms with van der Waals surface area (Å²) in [6.45, 7) is 2.01. The maximum Gasteiger partial charge on any atom is 0.176 e. The molecule has 0 fully saturated rings. The van der Waals surface area contributed by atoms with E-state index in [-0.39, 0.29) is 11.1 Å². The number of benzene rings is 1. The normalized spacial score (nSPS) is 10.1. The lowest BCUT2D eigenvalue weighted by molar-refractivity contribution is 0.402.